The van der Waals surface area contributed by atoms with Gasteiger partial charge >= 0.3 is 0 Å². The van der Waals surface area contributed by atoms with Gasteiger partial charge in [0.2, 0.25) is 5.91 Å². The standard InChI is InChI=1S/C15H26N2O/c18-14(13-5-1-4-10-16-13)17-11-8-15(9-12-17)6-2-3-7-15/h13,16H,1-12H2/t13-/m0/s1. The van der Waals surface area contributed by atoms with Crippen LogP contribution in [0.4, 0.5) is 0 Å². The van der Waals surface area contributed by atoms with Crippen LogP contribution in [0.5, 0.6) is 0 Å². The van der Waals surface area contributed by atoms with E-state index >= 15 is 0 Å². The van der Waals surface area contributed by atoms with E-state index in [2.05, 4.69) is 10.2 Å². The van der Waals surface area contributed by atoms with E-state index in [1.165, 1.54) is 51.4 Å². The molecule has 0 unspecified atom stereocenters. The normalized spacial score (nSPS) is 31.8. The van der Waals surface area contributed by atoms with Crippen LogP contribution in [0.2, 0.25) is 0 Å². The highest BCUT2D eigenvalue weighted by Gasteiger charge is 2.39. The molecule has 3 fully saturated rings. The van der Waals surface area contributed by atoms with Crippen molar-refractivity contribution in [2.75, 3.05) is 19.6 Å². The first-order valence-electron chi connectivity index (χ1n) is 7.81. The lowest BCUT2D eigenvalue weighted by atomic mass is 9.77. The fourth-order valence-corrected chi connectivity index (χ4v) is 4.11. The minimum atomic E-state index is 0.122. The number of nitrogens with one attached hydrogen (secondary N) is 1. The van der Waals surface area contributed by atoms with Gasteiger partial charge in [-0.25, -0.2) is 0 Å². The molecule has 2 aliphatic heterocycles. The molecule has 18 heavy (non-hydrogen) atoms. The lowest BCUT2D eigenvalue weighted by molar-refractivity contribution is -0.136. The maximum Gasteiger partial charge on any atom is 0.239 e. The monoisotopic (exact) mass is 250 g/mol. The fourth-order valence-electron chi connectivity index (χ4n) is 4.11. The zero-order chi connectivity index (χ0) is 12.4. The number of hydrogen-bond acceptors (Lipinski definition) is 2. The first kappa shape index (κ1) is 12.5. The van der Waals surface area contributed by atoms with Gasteiger partial charge in [-0.3, -0.25) is 4.79 Å². The fraction of sp³-hybridized carbons (Fsp3) is 0.933. The molecule has 1 amide bonds. The van der Waals surface area contributed by atoms with Crippen molar-refractivity contribution < 1.29 is 4.79 Å². The van der Waals surface area contributed by atoms with Gasteiger partial charge in [-0.1, -0.05) is 19.3 Å². The van der Waals surface area contributed by atoms with Crippen LogP contribution in [-0.4, -0.2) is 36.5 Å². The number of likely N-dealkylation sites (tertiary alicyclic amines) is 1. The second kappa shape index (κ2) is 5.20. The van der Waals surface area contributed by atoms with Gasteiger partial charge in [-0.2, -0.15) is 0 Å². The highest BCUT2D eigenvalue weighted by molar-refractivity contribution is 5.82. The van der Waals surface area contributed by atoms with Crippen molar-refractivity contribution in [1.82, 2.24) is 10.2 Å². The van der Waals surface area contributed by atoms with Crippen LogP contribution in [-0.2, 0) is 4.79 Å². The summed E-state index contributed by atoms with van der Waals surface area (Å²) in [5.41, 5.74) is 0.622. The molecule has 0 bridgehead atoms. The third-order valence-corrected chi connectivity index (χ3v) is 5.41. The van der Waals surface area contributed by atoms with Gasteiger partial charge in [0.05, 0.1) is 6.04 Å². The van der Waals surface area contributed by atoms with Crippen LogP contribution in [0.25, 0.3) is 0 Å². The second-order valence-electron chi connectivity index (χ2n) is 6.53. The van der Waals surface area contributed by atoms with Crippen LogP contribution < -0.4 is 5.32 Å². The summed E-state index contributed by atoms with van der Waals surface area (Å²) in [4.78, 5) is 14.6. The highest BCUT2D eigenvalue weighted by atomic mass is 16.2. The van der Waals surface area contributed by atoms with Gasteiger partial charge in [0, 0.05) is 13.1 Å². The summed E-state index contributed by atoms with van der Waals surface area (Å²) >= 11 is 0. The minimum absolute atomic E-state index is 0.122. The van der Waals surface area contributed by atoms with E-state index in [1.54, 1.807) is 0 Å². The number of nitrogens with zero attached hydrogens (tertiary/aromatic N) is 1. The number of piperidine rings is 2. The zero-order valence-electron chi connectivity index (χ0n) is 11.4. The van der Waals surface area contributed by atoms with Crippen molar-refractivity contribution in [3.8, 4) is 0 Å². The Labute approximate surface area is 110 Å². The molecule has 1 aliphatic carbocycles. The smallest absolute Gasteiger partial charge is 0.239 e. The van der Waals surface area contributed by atoms with Gasteiger partial charge in [-0.15, -0.1) is 0 Å². The molecule has 3 heteroatoms. The van der Waals surface area contributed by atoms with Crippen molar-refractivity contribution in [3.05, 3.63) is 0 Å². The topological polar surface area (TPSA) is 32.3 Å². The number of rotatable bonds is 1. The Morgan fingerprint density at radius 3 is 2.33 bits per heavy atom. The van der Waals surface area contributed by atoms with E-state index in [4.69, 9.17) is 0 Å². The average Bonchev–Trinajstić information content (AvgIpc) is 2.88. The zero-order valence-corrected chi connectivity index (χ0v) is 11.4. The summed E-state index contributed by atoms with van der Waals surface area (Å²) < 4.78 is 0. The molecule has 1 spiro atoms. The van der Waals surface area contributed by atoms with E-state index in [0.717, 1.165) is 26.1 Å². The Bertz CT molecular complexity index is 294. The molecule has 3 nitrogen and oxygen atoms in total. The van der Waals surface area contributed by atoms with Crippen LogP contribution in [0.15, 0.2) is 0 Å². The van der Waals surface area contributed by atoms with Crippen molar-refractivity contribution in [3.63, 3.8) is 0 Å². The number of carbonyl (C=O) groups is 1. The lowest BCUT2D eigenvalue weighted by Crippen LogP contribution is -2.51. The Morgan fingerprint density at radius 2 is 1.72 bits per heavy atom. The predicted molar refractivity (Wildman–Crippen MR) is 72.4 cm³/mol. The highest BCUT2D eigenvalue weighted by Crippen LogP contribution is 2.46. The van der Waals surface area contributed by atoms with Crippen molar-refractivity contribution in [2.24, 2.45) is 5.41 Å². The van der Waals surface area contributed by atoms with Crippen LogP contribution >= 0.6 is 0 Å². The van der Waals surface area contributed by atoms with E-state index < -0.39 is 0 Å². The van der Waals surface area contributed by atoms with E-state index in [0.29, 0.717) is 11.3 Å². The SMILES string of the molecule is O=C([C@@H]1CCCCN1)N1CCC2(CCCC2)CC1. The first-order chi connectivity index (χ1) is 8.79. The van der Waals surface area contributed by atoms with Crippen molar-refractivity contribution in [2.45, 2.75) is 63.8 Å². The van der Waals surface area contributed by atoms with E-state index in [-0.39, 0.29) is 6.04 Å². The summed E-state index contributed by atoms with van der Waals surface area (Å²) in [5.74, 6) is 0.377. The van der Waals surface area contributed by atoms with Crippen molar-refractivity contribution in [1.29, 1.82) is 0 Å². The summed E-state index contributed by atoms with van der Waals surface area (Å²) in [6, 6.07) is 0.122. The molecule has 2 saturated heterocycles. The third kappa shape index (κ3) is 2.42. The molecule has 0 aromatic heterocycles. The Balaban J connectivity index is 1.53. The van der Waals surface area contributed by atoms with Gasteiger partial charge in [-0.05, 0) is 50.5 Å². The summed E-state index contributed by atoms with van der Waals surface area (Å²) in [6.45, 7) is 3.04. The molecule has 0 aromatic rings. The summed E-state index contributed by atoms with van der Waals surface area (Å²) in [5, 5.41) is 3.39. The molecule has 0 aromatic carbocycles. The molecular formula is C15H26N2O. The van der Waals surface area contributed by atoms with Crippen LogP contribution in [0, 0.1) is 5.41 Å². The quantitative estimate of drug-likeness (QED) is 0.774. The molecule has 1 atom stereocenters. The van der Waals surface area contributed by atoms with Gasteiger partial charge in [0.1, 0.15) is 0 Å². The van der Waals surface area contributed by atoms with E-state index in [9.17, 15) is 4.79 Å². The Hall–Kier alpha value is -0.570. The lowest BCUT2D eigenvalue weighted by Gasteiger charge is -2.41. The molecule has 2 heterocycles. The molecule has 1 N–H and O–H groups in total. The molecule has 102 valence electrons. The average molecular weight is 250 g/mol. The van der Waals surface area contributed by atoms with Gasteiger partial charge in [0.25, 0.3) is 0 Å². The molecule has 3 rings (SSSR count). The minimum Gasteiger partial charge on any atom is -0.341 e. The van der Waals surface area contributed by atoms with Crippen molar-refractivity contribution >= 4 is 5.91 Å². The maximum atomic E-state index is 12.4. The number of amides is 1. The molecule has 0 radical (unpaired) electrons. The van der Waals surface area contributed by atoms with Gasteiger partial charge < -0.3 is 10.2 Å². The van der Waals surface area contributed by atoms with Crippen LogP contribution in [0.1, 0.15) is 57.8 Å². The predicted octanol–water partition coefficient (Wildman–Crippen LogP) is 2.31. The van der Waals surface area contributed by atoms with E-state index in [1.807, 2.05) is 0 Å². The Kier molecular flexibility index (Phi) is 3.60. The summed E-state index contributed by atoms with van der Waals surface area (Å²) in [7, 11) is 0. The van der Waals surface area contributed by atoms with Gasteiger partial charge in [0.15, 0.2) is 0 Å². The Morgan fingerprint density at radius 1 is 1.00 bits per heavy atom. The first-order valence-corrected chi connectivity index (χ1v) is 7.81. The molecule has 3 aliphatic rings. The largest absolute Gasteiger partial charge is 0.341 e. The third-order valence-electron chi connectivity index (χ3n) is 5.41. The van der Waals surface area contributed by atoms with Crippen LogP contribution in [0.3, 0.4) is 0 Å². The molecular weight excluding hydrogens is 224 g/mol. The maximum absolute atomic E-state index is 12.4. The number of carbonyl (C=O) groups excluding carboxylic acids is 1. The second-order valence-corrected chi connectivity index (χ2v) is 6.53. The summed E-state index contributed by atoms with van der Waals surface area (Å²) in [6.07, 6.45) is 11.6. The molecule has 1 saturated carbocycles. The number of hydrogen-bond donors (Lipinski definition) is 1.